The highest BCUT2D eigenvalue weighted by atomic mass is 33.1. The third-order valence-electron chi connectivity index (χ3n) is 6.92. The molecule has 0 saturated heterocycles. The van der Waals surface area contributed by atoms with E-state index in [9.17, 15) is 0 Å². The molecule has 0 aliphatic rings. The Hall–Kier alpha value is 0.974. The fraction of sp³-hybridized carbons (Fsp3) is 1.00. The molecule has 4 nitrogen and oxygen atoms in total. The lowest BCUT2D eigenvalue weighted by Gasteiger charge is -2.36. The summed E-state index contributed by atoms with van der Waals surface area (Å²) < 4.78 is 26.6. The molecule has 0 N–H and O–H groups in total. The molecule has 0 unspecified atom stereocenters. The van der Waals surface area contributed by atoms with Gasteiger partial charge in [0.1, 0.15) is 0 Å². The predicted octanol–water partition coefficient (Wildman–Crippen LogP) is 8.50. The summed E-state index contributed by atoms with van der Waals surface area (Å²) >= 11 is 0. The van der Waals surface area contributed by atoms with Crippen molar-refractivity contribution in [3.63, 3.8) is 0 Å². The van der Waals surface area contributed by atoms with Gasteiger partial charge in [-0.15, -0.1) is 0 Å². The van der Waals surface area contributed by atoms with E-state index in [4.69, 9.17) is 18.9 Å². The van der Waals surface area contributed by atoms with Crippen LogP contribution in [-0.2, 0) is 18.9 Å². The summed E-state index contributed by atoms with van der Waals surface area (Å²) in [6.07, 6.45) is 16.8. The summed E-state index contributed by atoms with van der Waals surface area (Å²) in [5.74, 6) is 1.86. The molecule has 0 fully saturated rings. The first-order valence-corrected chi connectivity index (χ1v) is 22.3. The minimum Gasteiger partial charge on any atom is -0.354 e. The molecule has 0 aromatic heterocycles. The lowest BCUT2D eigenvalue weighted by Crippen LogP contribution is -2.46. The predicted molar refractivity (Wildman–Crippen MR) is 180 cm³/mol. The second kappa shape index (κ2) is 28.1. The van der Waals surface area contributed by atoms with E-state index in [-0.39, 0.29) is 10.8 Å². The van der Waals surface area contributed by atoms with Gasteiger partial charge in [-0.3, -0.25) is 0 Å². The van der Waals surface area contributed by atoms with Crippen molar-refractivity contribution in [1.82, 2.24) is 0 Å². The molecule has 0 spiro atoms. The van der Waals surface area contributed by atoms with E-state index < -0.39 is 19.0 Å². The van der Waals surface area contributed by atoms with Gasteiger partial charge in [0.05, 0.1) is 30.5 Å². The number of unbranched alkanes of at least 4 members (excludes halogenated alkanes) is 8. The fourth-order valence-electron chi connectivity index (χ4n) is 4.28. The van der Waals surface area contributed by atoms with Gasteiger partial charge in [-0.25, -0.2) is 0 Å². The Kier molecular flexibility index (Phi) is 28.8. The van der Waals surface area contributed by atoms with E-state index in [1.54, 1.807) is 0 Å². The molecule has 0 rings (SSSR count). The van der Waals surface area contributed by atoms with Gasteiger partial charge in [0.15, 0.2) is 10.8 Å². The molecule has 0 amide bonds. The van der Waals surface area contributed by atoms with Crippen molar-refractivity contribution in [2.75, 3.05) is 37.9 Å². The van der Waals surface area contributed by atoms with Crippen molar-refractivity contribution in [1.29, 1.82) is 0 Å². The number of rotatable bonds is 31. The molecule has 0 aromatic rings. The maximum absolute atomic E-state index is 6.65. The largest absolute Gasteiger partial charge is 0.354 e. The molecule has 0 aromatic carbocycles. The third-order valence-corrected chi connectivity index (χ3v) is 15.1. The van der Waals surface area contributed by atoms with Gasteiger partial charge >= 0.3 is 0 Å². The van der Waals surface area contributed by atoms with E-state index in [0.29, 0.717) is 0 Å². The lowest BCUT2D eigenvalue weighted by molar-refractivity contribution is -0.167. The van der Waals surface area contributed by atoms with Gasteiger partial charge in [0.2, 0.25) is 0 Å². The quantitative estimate of drug-likeness (QED) is 0.0339. The highest BCUT2D eigenvalue weighted by molar-refractivity contribution is 8.76. The molecule has 38 heavy (non-hydrogen) atoms. The van der Waals surface area contributed by atoms with Crippen LogP contribution in [-0.4, -0.2) is 67.8 Å². The Bertz CT molecular complexity index is 423. The van der Waals surface area contributed by atoms with Crippen LogP contribution in [0.5, 0.6) is 0 Å². The zero-order valence-electron chi connectivity index (χ0n) is 26.4. The van der Waals surface area contributed by atoms with Crippen LogP contribution >= 0.6 is 21.6 Å². The van der Waals surface area contributed by atoms with Crippen LogP contribution in [0, 0.1) is 0 Å². The van der Waals surface area contributed by atoms with Crippen LogP contribution in [0.1, 0.15) is 131 Å². The molecular formula is C30H66O4S2Si2. The normalized spacial score (nSPS) is 13.1. The highest BCUT2D eigenvalue weighted by Crippen LogP contribution is 2.34. The Morgan fingerprint density at radius 3 is 0.947 bits per heavy atom. The van der Waals surface area contributed by atoms with Crippen molar-refractivity contribution < 1.29 is 18.9 Å². The Balaban J connectivity index is 5.32. The fourth-order valence-corrected chi connectivity index (χ4v) is 12.3. The Morgan fingerprint density at radius 1 is 0.421 bits per heavy atom. The molecule has 0 bridgehead atoms. The SMILES string of the molecule is CCCCCOC(CSSCC(OCCCCC)(OCCCCC)[SiH2]CCC)(OCCCCC)[SiH2]CCC. The first-order chi connectivity index (χ1) is 18.6. The zero-order chi connectivity index (χ0) is 28.2. The Morgan fingerprint density at radius 2 is 0.711 bits per heavy atom. The topological polar surface area (TPSA) is 36.9 Å². The summed E-state index contributed by atoms with van der Waals surface area (Å²) in [5, 5.41) is 0. The van der Waals surface area contributed by atoms with Crippen LogP contribution < -0.4 is 0 Å². The summed E-state index contributed by atoms with van der Waals surface area (Å²) in [4.78, 5) is 0. The van der Waals surface area contributed by atoms with Gasteiger partial charge in [-0.1, -0.05) is 139 Å². The van der Waals surface area contributed by atoms with Crippen molar-refractivity contribution in [3.05, 3.63) is 0 Å². The van der Waals surface area contributed by atoms with Crippen LogP contribution in [0.15, 0.2) is 0 Å². The summed E-state index contributed by atoms with van der Waals surface area (Å²) in [7, 11) is 2.91. The van der Waals surface area contributed by atoms with E-state index in [1.807, 2.05) is 21.6 Å². The zero-order valence-corrected chi connectivity index (χ0v) is 30.9. The number of hydrogen-bond donors (Lipinski definition) is 0. The minimum atomic E-state index is -0.497. The van der Waals surface area contributed by atoms with Crippen LogP contribution in [0.4, 0.5) is 0 Å². The lowest BCUT2D eigenvalue weighted by atomic mass is 10.3. The standard InChI is InChI=1S/C30H66O4S2Si2/c1-7-13-17-21-31-29(37-25-11-5,32-22-18-14-8-2)27-35-36-28-30(38-26-12-6,33-23-19-15-9-3)34-24-20-16-10-4/h7-28,37-38H2,1-6H3. The van der Waals surface area contributed by atoms with Gasteiger partial charge < -0.3 is 18.9 Å². The Labute approximate surface area is 251 Å². The third kappa shape index (κ3) is 20.8. The first kappa shape index (κ1) is 39.0. The average Bonchev–Trinajstić information content (AvgIpc) is 2.93. The molecule has 0 heterocycles. The van der Waals surface area contributed by atoms with Crippen molar-refractivity contribution in [2.45, 2.75) is 154 Å². The summed E-state index contributed by atoms with van der Waals surface area (Å²) in [6, 6.07) is 2.56. The highest BCUT2D eigenvalue weighted by Gasteiger charge is 2.35. The minimum absolute atomic E-state index is 0.331. The van der Waals surface area contributed by atoms with Crippen molar-refractivity contribution >= 4 is 40.6 Å². The first-order valence-electron chi connectivity index (χ1n) is 16.4. The molecular weight excluding hydrogens is 545 g/mol. The number of hydrogen-bond acceptors (Lipinski definition) is 6. The van der Waals surface area contributed by atoms with Crippen LogP contribution in [0.3, 0.4) is 0 Å². The summed E-state index contributed by atoms with van der Waals surface area (Å²) in [5.41, 5.74) is -0.661. The molecule has 0 atom stereocenters. The smallest absolute Gasteiger partial charge is 0.154 e. The molecule has 0 radical (unpaired) electrons. The maximum Gasteiger partial charge on any atom is 0.154 e. The molecule has 0 saturated carbocycles. The average molecular weight is 611 g/mol. The van der Waals surface area contributed by atoms with E-state index in [0.717, 1.165) is 63.6 Å². The second-order valence-electron chi connectivity index (χ2n) is 10.8. The van der Waals surface area contributed by atoms with Crippen molar-refractivity contribution in [2.24, 2.45) is 0 Å². The summed E-state index contributed by atoms with van der Waals surface area (Å²) in [6.45, 7) is 17.0. The van der Waals surface area contributed by atoms with Gasteiger partial charge in [0, 0.05) is 26.4 Å². The maximum atomic E-state index is 6.65. The van der Waals surface area contributed by atoms with Gasteiger partial charge in [-0.05, 0) is 25.7 Å². The molecule has 0 aliphatic heterocycles. The van der Waals surface area contributed by atoms with E-state index >= 15 is 0 Å². The van der Waals surface area contributed by atoms with Crippen LogP contribution in [0.25, 0.3) is 0 Å². The molecule has 8 heteroatoms. The number of ether oxygens (including phenoxy) is 4. The van der Waals surface area contributed by atoms with Crippen LogP contribution in [0.2, 0.25) is 12.1 Å². The molecule has 230 valence electrons. The van der Waals surface area contributed by atoms with E-state index in [1.165, 1.54) is 76.3 Å². The second-order valence-corrected chi connectivity index (χ2v) is 17.8. The molecule has 0 aliphatic carbocycles. The van der Waals surface area contributed by atoms with E-state index in [2.05, 4.69) is 41.5 Å². The van der Waals surface area contributed by atoms with Crippen molar-refractivity contribution in [3.8, 4) is 0 Å². The monoisotopic (exact) mass is 610 g/mol. The van der Waals surface area contributed by atoms with Gasteiger partial charge in [0.25, 0.3) is 0 Å². The van der Waals surface area contributed by atoms with Gasteiger partial charge in [-0.2, -0.15) is 0 Å².